The summed E-state index contributed by atoms with van der Waals surface area (Å²) in [6, 6.07) is 33.1. The molecule has 4 aromatic carbocycles. The molecule has 274 valence electrons. The summed E-state index contributed by atoms with van der Waals surface area (Å²) < 4.78 is 11.1. The second-order valence-electron chi connectivity index (χ2n) is 15.7. The van der Waals surface area contributed by atoms with Crippen molar-refractivity contribution in [1.82, 2.24) is 19.3 Å². The number of rotatable bonds is 9. The molecule has 0 atom stereocenters. The van der Waals surface area contributed by atoms with E-state index in [1.54, 1.807) is 0 Å². The summed E-state index contributed by atoms with van der Waals surface area (Å²) in [5.74, 6) is 2.52. The van der Waals surface area contributed by atoms with Crippen LogP contribution in [0.15, 0.2) is 79.0 Å². The number of benzene rings is 4. The largest absolute Gasteiger partial charge is 2.00 e. The molecule has 0 aliphatic carbocycles. The van der Waals surface area contributed by atoms with E-state index in [4.69, 9.17) is 14.8 Å². The third-order valence-electron chi connectivity index (χ3n) is 10.2. The number of aryl methyl sites for hydroxylation is 4. The van der Waals surface area contributed by atoms with Crippen LogP contribution in [0.1, 0.15) is 99.5 Å². The molecule has 0 saturated carbocycles. The Hall–Kier alpha value is -4.47. The van der Waals surface area contributed by atoms with E-state index in [0.29, 0.717) is 17.4 Å². The summed E-state index contributed by atoms with van der Waals surface area (Å²) in [6.07, 6.45) is 4.99. The zero-order chi connectivity index (χ0) is 36.9. The Morgan fingerprint density at radius 2 is 1.55 bits per heavy atom. The van der Waals surface area contributed by atoms with Gasteiger partial charge in [0, 0.05) is 34.5 Å². The predicted molar refractivity (Wildman–Crippen MR) is 216 cm³/mol. The maximum atomic E-state index is 6.74. The maximum absolute atomic E-state index is 6.74. The average molecular weight is 882 g/mol. The molecular weight excluding hydrogens is 832 g/mol. The fourth-order valence-electron chi connectivity index (χ4n) is 7.59. The topological polar surface area (TPSA) is 44.9 Å². The van der Waals surface area contributed by atoms with E-state index in [0.717, 1.165) is 63.8 Å². The first-order chi connectivity index (χ1) is 24.8. The van der Waals surface area contributed by atoms with E-state index >= 15 is 0 Å². The van der Waals surface area contributed by atoms with Crippen LogP contribution in [0.4, 0.5) is 0 Å². The number of ether oxygens (including phenoxy) is 1. The molecule has 0 N–H and O–H groups in total. The second-order valence-corrected chi connectivity index (χ2v) is 15.7. The van der Waals surface area contributed by atoms with Gasteiger partial charge in [0.25, 0.3) is 0 Å². The molecule has 3 heterocycles. The van der Waals surface area contributed by atoms with Crippen molar-refractivity contribution >= 4 is 21.8 Å². The van der Waals surface area contributed by atoms with Gasteiger partial charge in [-0.15, -0.1) is 41.3 Å². The molecule has 0 aliphatic heterocycles. The maximum Gasteiger partial charge on any atom is 2.00 e. The van der Waals surface area contributed by atoms with Crippen molar-refractivity contribution in [2.45, 2.75) is 99.8 Å². The van der Waals surface area contributed by atoms with Crippen LogP contribution in [-0.2, 0) is 32.9 Å². The molecule has 0 bridgehead atoms. The third-order valence-corrected chi connectivity index (χ3v) is 10.2. The number of pyridine rings is 1. The summed E-state index contributed by atoms with van der Waals surface area (Å²) in [5, 5.41) is 7.49. The molecule has 0 spiro atoms. The van der Waals surface area contributed by atoms with Crippen LogP contribution < -0.4 is 4.74 Å². The quantitative estimate of drug-likeness (QED) is 0.136. The fraction of sp³-hybridized carbons (Fsp3) is 0.319. The van der Waals surface area contributed by atoms with Gasteiger partial charge in [0.1, 0.15) is 5.82 Å². The van der Waals surface area contributed by atoms with Gasteiger partial charge in [-0.2, -0.15) is 11.2 Å². The van der Waals surface area contributed by atoms with Crippen LogP contribution in [0, 0.1) is 39.8 Å². The Bertz CT molecular complexity index is 2420. The van der Waals surface area contributed by atoms with Gasteiger partial charge < -0.3 is 9.30 Å². The van der Waals surface area contributed by atoms with E-state index in [-0.39, 0.29) is 26.5 Å². The van der Waals surface area contributed by atoms with E-state index < -0.39 is 0 Å². The molecule has 0 saturated heterocycles. The Labute approximate surface area is 329 Å². The van der Waals surface area contributed by atoms with Crippen molar-refractivity contribution < 1.29 is 25.8 Å². The molecule has 0 unspecified atom stereocenters. The molecular formula is C47H50N4OPt. The predicted octanol–water partition coefficient (Wildman–Crippen LogP) is 12.4. The van der Waals surface area contributed by atoms with E-state index in [9.17, 15) is 0 Å². The van der Waals surface area contributed by atoms with Crippen LogP contribution in [-0.4, -0.2) is 19.3 Å². The molecule has 7 rings (SSSR count). The van der Waals surface area contributed by atoms with Gasteiger partial charge in [-0.25, -0.2) is 4.98 Å². The molecule has 53 heavy (non-hydrogen) atoms. The molecule has 0 radical (unpaired) electrons. The molecule has 5 nitrogen and oxygen atoms in total. The number of fused-ring (bicyclic) bond motifs is 3. The van der Waals surface area contributed by atoms with Crippen molar-refractivity contribution in [2.75, 3.05) is 0 Å². The monoisotopic (exact) mass is 881 g/mol. The van der Waals surface area contributed by atoms with Gasteiger partial charge in [0.2, 0.25) is 0 Å². The third kappa shape index (κ3) is 7.38. The molecule has 0 amide bonds. The van der Waals surface area contributed by atoms with Crippen molar-refractivity contribution in [1.29, 1.82) is 0 Å². The Morgan fingerprint density at radius 1 is 0.811 bits per heavy atom. The van der Waals surface area contributed by atoms with Crippen LogP contribution in [0.3, 0.4) is 0 Å². The number of aromatic nitrogens is 4. The van der Waals surface area contributed by atoms with Crippen molar-refractivity contribution in [3.8, 4) is 34.1 Å². The Kier molecular flexibility index (Phi) is 10.9. The van der Waals surface area contributed by atoms with Crippen LogP contribution in [0.2, 0.25) is 0 Å². The first-order valence-corrected chi connectivity index (χ1v) is 18.7. The first kappa shape index (κ1) is 38.3. The van der Waals surface area contributed by atoms with Gasteiger partial charge >= 0.3 is 21.1 Å². The molecule has 6 heteroatoms. The minimum Gasteiger partial charge on any atom is -0.509 e. The van der Waals surface area contributed by atoms with Gasteiger partial charge in [-0.05, 0) is 103 Å². The zero-order valence-corrected chi connectivity index (χ0v) is 35.0. The van der Waals surface area contributed by atoms with E-state index in [2.05, 4.69) is 157 Å². The van der Waals surface area contributed by atoms with Gasteiger partial charge in [0.05, 0.1) is 5.69 Å². The van der Waals surface area contributed by atoms with Gasteiger partial charge in [-0.3, -0.25) is 4.68 Å². The zero-order valence-electron chi connectivity index (χ0n) is 32.7. The molecule has 7 aromatic rings. The number of hydrogen-bond acceptors (Lipinski definition) is 3. The Balaban J connectivity index is 0.00000481. The molecule has 0 fully saturated rings. The normalized spacial score (nSPS) is 11.8. The Morgan fingerprint density at radius 3 is 2.25 bits per heavy atom. The summed E-state index contributed by atoms with van der Waals surface area (Å²) >= 11 is 0. The molecule has 0 aliphatic rings. The van der Waals surface area contributed by atoms with Gasteiger partial charge in [-0.1, -0.05) is 89.4 Å². The minimum atomic E-state index is -0.131. The fourth-order valence-corrected chi connectivity index (χ4v) is 7.59. The summed E-state index contributed by atoms with van der Waals surface area (Å²) in [5.41, 5.74) is 13.8. The number of para-hydroxylation sites is 1. The summed E-state index contributed by atoms with van der Waals surface area (Å²) in [7, 11) is 0. The average Bonchev–Trinajstić information content (AvgIpc) is 3.60. The smallest absolute Gasteiger partial charge is 0.509 e. The SMILES string of the molecule is CCCCc1c(-c2c(C)cc(C)cc2C)c(C)nn1-c1[c-]c(Oc2[c-]c3c(cc2)c2ccccc2n3-c2cc(C(C)C)ccn2)cc(C(C)(C)C)c1.[Pt+2]. The molecule has 3 aromatic heterocycles. The number of unbranched alkanes of at least 4 members (excludes halogenated alkanes) is 1. The van der Waals surface area contributed by atoms with Crippen LogP contribution in [0.5, 0.6) is 11.5 Å². The van der Waals surface area contributed by atoms with E-state index in [1.165, 1.54) is 39.1 Å². The van der Waals surface area contributed by atoms with Crippen LogP contribution in [0.25, 0.3) is 44.4 Å². The minimum absolute atomic E-state index is 0. The van der Waals surface area contributed by atoms with Crippen molar-refractivity contribution in [3.63, 3.8) is 0 Å². The standard InChI is InChI=1S/C47H50N4O.Pt/c1-11-12-16-42-46(45-31(5)22-30(4)23-32(45)6)33(7)49-51(42)36-25-35(47(8,9)10)26-38(27-36)52-37-18-19-40-39-15-13-14-17-41(39)50(43(40)28-37)44-24-34(29(2)3)20-21-48-44;/h13-15,17-26,29H,11-12,16H2,1-10H3;/q-2;+2. The number of hydrogen-bond donors (Lipinski definition) is 0. The van der Waals surface area contributed by atoms with Crippen LogP contribution >= 0.6 is 0 Å². The number of nitrogens with zero attached hydrogens (tertiary/aromatic N) is 4. The second kappa shape index (κ2) is 15.1. The van der Waals surface area contributed by atoms with Crippen molar-refractivity contribution in [3.05, 3.63) is 130 Å². The summed E-state index contributed by atoms with van der Waals surface area (Å²) in [4.78, 5) is 4.82. The summed E-state index contributed by atoms with van der Waals surface area (Å²) in [6.45, 7) is 22.1. The van der Waals surface area contributed by atoms with Gasteiger partial charge in [0.15, 0.2) is 0 Å². The van der Waals surface area contributed by atoms with E-state index in [1.807, 2.05) is 12.3 Å². The first-order valence-electron chi connectivity index (χ1n) is 18.7. The van der Waals surface area contributed by atoms with Crippen molar-refractivity contribution in [2.24, 2.45) is 0 Å².